The van der Waals surface area contributed by atoms with E-state index in [9.17, 15) is 0 Å². The summed E-state index contributed by atoms with van der Waals surface area (Å²) in [6.45, 7) is 10.4. The van der Waals surface area contributed by atoms with E-state index in [4.69, 9.17) is 16.6 Å². The van der Waals surface area contributed by atoms with E-state index in [1.807, 2.05) is 36.5 Å². The largest absolute Gasteiger partial charge is 0.370 e. The zero-order chi connectivity index (χ0) is 24.0. The van der Waals surface area contributed by atoms with Crippen molar-refractivity contribution in [1.82, 2.24) is 30.1 Å². The van der Waals surface area contributed by atoms with Crippen LogP contribution in [0.4, 0.5) is 17.5 Å². The molecule has 9 heteroatoms. The number of benzene rings is 1. The summed E-state index contributed by atoms with van der Waals surface area (Å²) in [5.74, 6) is 1.41. The van der Waals surface area contributed by atoms with E-state index < -0.39 is 0 Å². The lowest BCUT2D eigenvalue weighted by molar-refractivity contribution is 0.120. The normalized spacial score (nSPS) is 23.3. The van der Waals surface area contributed by atoms with Gasteiger partial charge in [0, 0.05) is 80.5 Å². The lowest BCUT2D eigenvalue weighted by Gasteiger charge is -2.36. The number of halogens is 1. The minimum Gasteiger partial charge on any atom is -0.370 e. The van der Waals surface area contributed by atoms with Gasteiger partial charge in [-0.3, -0.25) is 9.80 Å². The maximum atomic E-state index is 6.48. The third kappa shape index (κ3) is 6.67. The fraction of sp³-hybridized carbons (Fsp3) is 0.423. The first kappa shape index (κ1) is 23.9. The molecule has 3 aromatic rings. The van der Waals surface area contributed by atoms with Gasteiger partial charge in [-0.25, -0.2) is 15.0 Å². The summed E-state index contributed by atoms with van der Waals surface area (Å²) in [4.78, 5) is 18.7. The van der Waals surface area contributed by atoms with Crippen LogP contribution in [0.1, 0.15) is 18.9 Å². The number of nitrogens with zero attached hydrogens (tertiary/aromatic N) is 5. The second-order valence-electron chi connectivity index (χ2n) is 9.38. The summed E-state index contributed by atoms with van der Waals surface area (Å²) in [7, 11) is 0. The number of aromatic nitrogens is 3. The van der Waals surface area contributed by atoms with Crippen LogP contribution >= 0.6 is 11.6 Å². The van der Waals surface area contributed by atoms with Crippen molar-refractivity contribution in [3.8, 4) is 11.3 Å². The topological polar surface area (TPSA) is 81.2 Å². The minimum absolute atomic E-state index is 0.471. The standard InChI is InChI=1S/C26H33ClN8/c1-19-17-34-9-11-35(12-10-34)18-20-13-22(27)15-23(14-20)32-26-30-8-5-24(33-26)21-3-4-25(31-16-21)29-7-2-6-28-19/h3-5,8,13-16,19,28H,2,6-7,9-12,17-18H2,1H3,(H,29,31)(H,30,32,33). The fourth-order valence-electron chi connectivity index (χ4n) is 4.67. The van der Waals surface area contributed by atoms with E-state index in [1.165, 1.54) is 5.56 Å². The summed E-state index contributed by atoms with van der Waals surface area (Å²) in [6, 6.07) is 12.5. The Morgan fingerprint density at radius 3 is 2.66 bits per heavy atom. The molecule has 8 nitrogen and oxygen atoms in total. The quantitative estimate of drug-likeness (QED) is 0.436. The number of nitrogens with one attached hydrogen (secondary N) is 3. The average molecular weight is 493 g/mol. The Bertz CT molecular complexity index is 1110. The van der Waals surface area contributed by atoms with Gasteiger partial charge in [-0.05, 0) is 61.9 Å². The van der Waals surface area contributed by atoms with Crippen LogP contribution in [0.3, 0.4) is 0 Å². The predicted molar refractivity (Wildman–Crippen MR) is 142 cm³/mol. The highest BCUT2D eigenvalue weighted by Crippen LogP contribution is 2.24. The van der Waals surface area contributed by atoms with Gasteiger partial charge in [0.25, 0.3) is 0 Å². The Morgan fingerprint density at radius 2 is 1.83 bits per heavy atom. The summed E-state index contributed by atoms with van der Waals surface area (Å²) >= 11 is 6.48. The van der Waals surface area contributed by atoms with E-state index in [0.29, 0.717) is 17.0 Å². The van der Waals surface area contributed by atoms with E-state index in [1.54, 1.807) is 6.20 Å². The molecular formula is C26H33ClN8. The maximum absolute atomic E-state index is 6.48. The smallest absolute Gasteiger partial charge is 0.227 e. The fourth-order valence-corrected chi connectivity index (χ4v) is 4.92. The van der Waals surface area contributed by atoms with Crippen molar-refractivity contribution in [2.24, 2.45) is 0 Å². The van der Waals surface area contributed by atoms with Crippen LogP contribution in [0.25, 0.3) is 11.3 Å². The number of piperazine rings is 1. The van der Waals surface area contributed by atoms with Crippen LogP contribution in [-0.2, 0) is 6.54 Å². The van der Waals surface area contributed by atoms with Crippen LogP contribution in [0.2, 0.25) is 5.02 Å². The van der Waals surface area contributed by atoms with Crippen LogP contribution in [0.15, 0.2) is 48.8 Å². The molecule has 7 heterocycles. The van der Waals surface area contributed by atoms with Gasteiger partial charge < -0.3 is 16.0 Å². The molecule has 1 atom stereocenters. The van der Waals surface area contributed by atoms with Crippen molar-refractivity contribution in [2.75, 3.05) is 56.4 Å². The average Bonchev–Trinajstić information content (AvgIpc) is 2.85. The third-order valence-electron chi connectivity index (χ3n) is 6.48. The molecule has 0 amide bonds. The highest BCUT2D eigenvalue weighted by atomic mass is 35.5. The van der Waals surface area contributed by atoms with Gasteiger partial charge in [0.2, 0.25) is 5.95 Å². The number of pyridine rings is 1. The first-order chi connectivity index (χ1) is 17.1. The van der Waals surface area contributed by atoms with Gasteiger partial charge in [-0.15, -0.1) is 0 Å². The molecule has 8 bridgehead atoms. The van der Waals surface area contributed by atoms with Crippen molar-refractivity contribution in [2.45, 2.75) is 25.9 Å². The van der Waals surface area contributed by atoms with Crippen molar-refractivity contribution >= 4 is 29.1 Å². The molecule has 0 aliphatic carbocycles. The second-order valence-corrected chi connectivity index (χ2v) is 9.82. The van der Waals surface area contributed by atoms with E-state index >= 15 is 0 Å². The van der Waals surface area contributed by atoms with Crippen molar-refractivity contribution < 1.29 is 0 Å². The Morgan fingerprint density at radius 1 is 0.971 bits per heavy atom. The maximum Gasteiger partial charge on any atom is 0.227 e. The molecular weight excluding hydrogens is 460 g/mol. The number of rotatable bonds is 0. The molecule has 5 aliphatic rings. The molecule has 0 saturated carbocycles. The van der Waals surface area contributed by atoms with Crippen molar-refractivity contribution in [3.05, 3.63) is 59.4 Å². The highest BCUT2D eigenvalue weighted by molar-refractivity contribution is 6.30. The Hall–Kier alpha value is -2.78. The summed E-state index contributed by atoms with van der Waals surface area (Å²) in [5, 5.41) is 11.1. The molecule has 1 saturated heterocycles. The Balaban J connectivity index is 1.37. The monoisotopic (exact) mass is 492 g/mol. The van der Waals surface area contributed by atoms with Crippen LogP contribution in [-0.4, -0.2) is 76.6 Å². The molecule has 5 aliphatic heterocycles. The number of hydrogen-bond acceptors (Lipinski definition) is 8. The van der Waals surface area contributed by atoms with Crippen molar-refractivity contribution in [1.29, 1.82) is 0 Å². The molecule has 8 rings (SSSR count). The lowest BCUT2D eigenvalue weighted by atomic mass is 10.1. The van der Waals surface area contributed by atoms with Gasteiger partial charge in [-0.2, -0.15) is 0 Å². The summed E-state index contributed by atoms with van der Waals surface area (Å²) in [6.07, 6.45) is 4.65. The Kier molecular flexibility index (Phi) is 7.73. The second kappa shape index (κ2) is 11.3. The molecule has 35 heavy (non-hydrogen) atoms. The van der Waals surface area contributed by atoms with Crippen molar-refractivity contribution in [3.63, 3.8) is 0 Å². The van der Waals surface area contributed by atoms with Gasteiger partial charge in [0.05, 0.1) is 5.69 Å². The zero-order valence-electron chi connectivity index (χ0n) is 20.2. The molecule has 0 spiro atoms. The van der Waals surface area contributed by atoms with Gasteiger partial charge in [0.1, 0.15) is 5.82 Å². The van der Waals surface area contributed by atoms with Gasteiger partial charge in [0.15, 0.2) is 0 Å². The molecule has 3 N–H and O–H groups in total. The van der Waals surface area contributed by atoms with E-state index in [0.717, 1.165) is 81.5 Å². The minimum atomic E-state index is 0.471. The lowest BCUT2D eigenvalue weighted by Crippen LogP contribution is -2.49. The van der Waals surface area contributed by atoms with Gasteiger partial charge >= 0.3 is 0 Å². The van der Waals surface area contributed by atoms with Crippen LogP contribution < -0.4 is 16.0 Å². The molecule has 1 unspecified atom stereocenters. The van der Waals surface area contributed by atoms with Crippen LogP contribution in [0, 0.1) is 0 Å². The molecule has 1 aromatic carbocycles. The van der Waals surface area contributed by atoms with Crippen LogP contribution in [0.5, 0.6) is 0 Å². The van der Waals surface area contributed by atoms with E-state index in [-0.39, 0.29) is 0 Å². The SMILES string of the molecule is CC1CN2CCN(CC2)Cc2cc(Cl)cc(c2)Nc2nccc(n2)-c2ccc(nc2)NCCCN1. The van der Waals surface area contributed by atoms with E-state index in [2.05, 4.69) is 48.7 Å². The number of hydrogen-bond donors (Lipinski definition) is 3. The third-order valence-corrected chi connectivity index (χ3v) is 6.70. The molecule has 184 valence electrons. The first-order valence-corrected chi connectivity index (χ1v) is 12.8. The zero-order valence-corrected chi connectivity index (χ0v) is 20.9. The van der Waals surface area contributed by atoms with Gasteiger partial charge in [-0.1, -0.05) is 11.6 Å². The summed E-state index contributed by atoms with van der Waals surface area (Å²) < 4.78 is 0. The molecule has 2 aromatic heterocycles. The Labute approximate surface area is 212 Å². The molecule has 1 fully saturated rings. The summed E-state index contributed by atoms with van der Waals surface area (Å²) in [5.41, 5.74) is 3.84. The highest BCUT2D eigenvalue weighted by Gasteiger charge is 2.19. The predicted octanol–water partition coefficient (Wildman–Crippen LogP) is 3.85. The number of anilines is 3. The first-order valence-electron chi connectivity index (χ1n) is 12.4. The molecule has 0 radical (unpaired) electrons.